The topological polar surface area (TPSA) is 122 Å². The Morgan fingerprint density at radius 1 is 1.05 bits per heavy atom. The number of piperazine rings is 1. The summed E-state index contributed by atoms with van der Waals surface area (Å²) in [6.07, 6.45) is 2.72. The number of aromatic amines is 1. The van der Waals surface area contributed by atoms with Crippen molar-refractivity contribution >= 4 is 23.5 Å². The lowest BCUT2D eigenvalue weighted by Gasteiger charge is -2.33. The average molecular weight is 545 g/mol. The van der Waals surface area contributed by atoms with Gasteiger partial charge in [-0.3, -0.25) is 9.59 Å². The van der Waals surface area contributed by atoms with Crippen molar-refractivity contribution in [2.24, 2.45) is 0 Å². The fraction of sp³-hybridized carbons (Fsp3) is 0.400. The monoisotopic (exact) mass is 544 g/mol. The van der Waals surface area contributed by atoms with E-state index in [4.69, 9.17) is 0 Å². The summed E-state index contributed by atoms with van der Waals surface area (Å²) in [6, 6.07) is 9.94. The molecule has 40 heavy (non-hydrogen) atoms. The highest BCUT2D eigenvalue weighted by Crippen LogP contribution is 2.36. The average Bonchev–Trinajstić information content (AvgIpc) is 3.35. The Kier molecular flexibility index (Phi) is 7.77. The maximum absolute atomic E-state index is 13.5. The van der Waals surface area contributed by atoms with Gasteiger partial charge >= 0.3 is 6.09 Å². The summed E-state index contributed by atoms with van der Waals surface area (Å²) in [7, 11) is 0. The molecule has 1 saturated heterocycles. The molecular formula is C30H36N6O4. The normalized spacial score (nSPS) is 14.8. The third-order valence-electron chi connectivity index (χ3n) is 7.81. The number of aryl methyl sites for hydroxylation is 2. The minimum atomic E-state index is -0.891. The van der Waals surface area contributed by atoms with Gasteiger partial charge in [0.15, 0.2) is 0 Å². The molecular weight excluding hydrogens is 508 g/mol. The molecule has 0 aliphatic carbocycles. The van der Waals surface area contributed by atoms with E-state index < -0.39 is 6.09 Å². The molecule has 210 valence electrons. The molecule has 2 amide bonds. The lowest BCUT2D eigenvalue weighted by molar-refractivity contribution is 0.0950. The Labute approximate surface area is 233 Å². The van der Waals surface area contributed by atoms with Crippen LogP contribution in [0.2, 0.25) is 0 Å². The van der Waals surface area contributed by atoms with Crippen LogP contribution in [0.3, 0.4) is 0 Å². The van der Waals surface area contributed by atoms with Crippen LogP contribution in [0.5, 0.6) is 0 Å². The number of nitrogens with zero attached hydrogens (tertiary/aromatic N) is 4. The highest BCUT2D eigenvalue weighted by molar-refractivity contribution is 5.99. The second kappa shape index (κ2) is 11.4. The van der Waals surface area contributed by atoms with Crippen LogP contribution < -0.4 is 20.7 Å². The zero-order chi connectivity index (χ0) is 28.4. The van der Waals surface area contributed by atoms with Crippen LogP contribution in [0.15, 0.2) is 41.3 Å². The predicted octanol–water partition coefficient (Wildman–Crippen LogP) is 3.56. The first-order valence-corrected chi connectivity index (χ1v) is 13.8. The Hall–Kier alpha value is -4.34. The number of pyridine rings is 2. The van der Waals surface area contributed by atoms with Gasteiger partial charge in [-0.05, 0) is 73.7 Å². The number of nitrogens with one attached hydrogen (secondary N) is 2. The van der Waals surface area contributed by atoms with E-state index >= 15 is 0 Å². The lowest BCUT2D eigenvalue weighted by Crippen LogP contribution is -2.48. The fourth-order valence-electron chi connectivity index (χ4n) is 5.68. The van der Waals surface area contributed by atoms with Gasteiger partial charge in [-0.25, -0.2) is 9.78 Å². The minimum Gasteiger partial charge on any atom is -0.465 e. The van der Waals surface area contributed by atoms with Crippen LogP contribution in [0.1, 0.15) is 46.1 Å². The molecule has 2 aromatic heterocycles. The molecule has 0 bridgehead atoms. The number of H-pyrrole nitrogens is 1. The van der Waals surface area contributed by atoms with Crippen molar-refractivity contribution in [3.63, 3.8) is 0 Å². The highest BCUT2D eigenvalue weighted by Gasteiger charge is 2.26. The van der Waals surface area contributed by atoms with Gasteiger partial charge in [0.2, 0.25) is 0 Å². The molecule has 3 N–H and O–H groups in total. The summed E-state index contributed by atoms with van der Waals surface area (Å²) >= 11 is 0. The quantitative estimate of drug-likeness (QED) is 0.416. The number of benzene rings is 1. The maximum Gasteiger partial charge on any atom is 0.407 e. The van der Waals surface area contributed by atoms with Gasteiger partial charge in [0.25, 0.3) is 11.5 Å². The maximum atomic E-state index is 13.5. The van der Waals surface area contributed by atoms with Crippen LogP contribution in [-0.4, -0.2) is 71.2 Å². The van der Waals surface area contributed by atoms with E-state index in [1.54, 1.807) is 0 Å². The smallest absolute Gasteiger partial charge is 0.407 e. The van der Waals surface area contributed by atoms with Crippen molar-refractivity contribution in [1.82, 2.24) is 20.2 Å². The van der Waals surface area contributed by atoms with Gasteiger partial charge in [0, 0.05) is 80.1 Å². The number of amides is 2. The zero-order valence-corrected chi connectivity index (χ0v) is 23.3. The van der Waals surface area contributed by atoms with E-state index in [2.05, 4.69) is 38.1 Å². The molecule has 0 radical (unpaired) electrons. The number of fused-ring (bicyclic) bond motifs is 1. The minimum absolute atomic E-state index is 0.156. The number of aromatic nitrogens is 2. The Morgan fingerprint density at radius 2 is 1.82 bits per heavy atom. The lowest BCUT2D eigenvalue weighted by atomic mass is 9.97. The van der Waals surface area contributed by atoms with Crippen LogP contribution in [-0.2, 0) is 13.0 Å². The first-order valence-electron chi connectivity index (χ1n) is 13.8. The van der Waals surface area contributed by atoms with Gasteiger partial charge < -0.3 is 30.1 Å². The van der Waals surface area contributed by atoms with E-state index in [1.807, 2.05) is 44.3 Å². The Balaban J connectivity index is 1.41. The molecule has 5 rings (SSSR count). The second-order valence-electron chi connectivity index (χ2n) is 10.5. The molecule has 0 spiro atoms. The van der Waals surface area contributed by atoms with Gasteiger partial charge in [-0.1, -0.05) is 6.92 Å². The molecule has 1 aromatic carbocycles. The number of carbonyl (C=O) groups excluding carboxylic acids is 1. The summed E-state index contributed by atoms with van der Waals surface area (Å²) in [5.41, 5.74) is 6.56. The second-order valence-corrected chi connectivity index (χ2v) is 10.5. The molecule has 0 atom stereocenters. The summed E-state index contributed by atoms with van der Waals surface area (Å²) in [4.78, 5) is 50.6. The summed E-state index contributed by atoms with van der Waals surface area (Å²) in [6.45, 7) is 9.89. The molecule has 1 fully saturated rings. The van der Waals surface area contributed by atoms with Gasteiger partial charge in [-0.15, -0.1) is 0 Å². The van der Waals surface area contributed by atoms with Crippen LogP contribution in [0, 0.1) is 13.8 Å². The van der Waals surface area contributed by atoms with Crippen molar-refractivity contribution in [2.75, 3.05) is 49.1 Å². The third kappa shape index (κ3) is 5.52. The molecule has 2 aliphatic rings. The number of carbonyl (C=O) groups is 2. The number of anilines is 2. The number of carboxylic acid groups (broad SMARTS) is 1. The van der Waals surface area contributed by atoms with Crippen molar-refractivity contribution in [2.45, 2.75) is 40.2 Å². The van der Waals surface area contributed by atoms with Crippen LogP contribution >= 0.6 is 0 Å². The molecule has 10 heteroatoms. The number of hydrogen-bond acceptors (Lipinski definition) is 6. The van der Waals surface area contributed by atoms with Gasteiger partial charge in [0.05, 0.1) is 0 Å². The molecule has 3 aromatic rings. The molecule has 0 saturated carbocycles. The summed E-state index contributed by atoms with van der Waals surface area (Å²) in [5, 5.41) is 12.2. The van der Waals surface area contributed by atoms with Crippen molar-refractivity contribution in [3.05, 3.63) is 74.8 Å². The van der Waals surface area contributed by atoms with Crippen LogP contribution in [0.4, 0.5) is 16.3 Å². The Morgan fingerprint density at radius 3 is 2.48 bits per heavy atom. The standard InChI is InChI=1S/C30H36N6O4/c1-4-8-34-9-7-23-24(28(37)32-18-25-19(2)14-20(3)33-29(25)38)15-22(16-26(23)34)21-5-6-27(31-17-21)35-10-12-36(13-11-35)30(39)40/h5-6,14-17H,4,7-13,18H2,1-3H3,(H,32,37)(H,33,38)(H,39,40). The van der Waals surface area contributed by atoms with Crippen molar-refractivity contribution < 1.29 is 14.7 Å². The molecule has 10 nitrogen and oxygen atoms in total. The van der Waals surface area contributed by atoms with Crippen molar-refractivity contribution in [3.8, 4) is 11.1 Å². The summed E-state index contributed by atoms with van der Waals surface area (Å²) in [5.74, 6) is 0.607. The fourth-order valence-corrected chi connectivity index (χ4v) is 5.68. The molecule has 0 unspecified atom stereocenters. The first-order chi connectivity index (χ1) is 19.2. The predicted molar refractivity (Wildman–Crippen MR) is 155 cm³/mol. The highest BCUT2D eigenvalue weighted by atomic mass is 16.4. The van der Waals surface area contributed by atoms with E-state index in [-0.39, 0.29) is 18.0 Å². The SMILES string of the molecule is CCCN1CCc2c(C(=O)NCc3c(C)cc(C)[nH]c3=O)cc(-c3ccc(N4CCN(C(=O)O)CC4)nc3)cc21. The van der Waals surface area contributed by atoms with E-state index in [1.165, 1.54) is 4.90 Å². The van der Waals surface area contributed by atoms with E-state index in [0.717, 1.165) is 65.4 Å². The molecule has 4 heterocycles. The largest absolute Gasteiger partial charge is 0.465 e. The van der Waals surface area contributed by atoms with Gasteiger partial charge in [-0.2, -0.15) is 0 Å². The van der Waals surface area contributed by atoms with E-state index in [0.29, 0.717) is 37.3 Å². The molecule has 2 aliphatic heterocycles. The first kappa shape index (κ1) is 27.2. The Bertz CT molecular complexity index is 1470. The zero-order valence-electron chi connectivity index (χ0n) is 23.3. The van der Waals surface area contributed by atoms with Crippen LogP contribution in [0.25, 0.3) is 11.1 Å². The third-order valence-corrected chi connectivity index (χ3v) is 7.81. The van der Waals surface area contributed by atoms with E-state index in [9.17, 15) is 19.5 Å². The summed E-state index contributed by atoms with van der Waals surface area (Å²) < 4.78 is 0. The van der Waals surface area contributed by atoms with Gasteiger partial charge in [0.1, 0.15) is 5.82 Å². The van der Waals surface area contributed by atoms with Crippen molar-refractivity contribution in [1.29, 1.82) is 0 Å². The number of hydrogen-bond donors (Lipinski definition) is 3. The number of rotatable bonds is 7.